The minimum absolute atomic E-state index is 0.300. The molecule has 1 amide bonds. The average molecular weight is 264 g/mol. The van der Waals surface area contributed by atoms with Crippen molar-refractivity contribution in [3.05, 3.63) is 5.89 Å². The highest BCUT2D eigenvalue weighted by Crippen LogP contribution is 2.32. The molecule has 1 aliphatic carbocycles. The largest absolute Gasteiger partial charge is 0.351 e. The maximum Gasteiger partial charge on any atom is 0.263 e. The lowest BCUT2D eigenvalue weighted by Gasteiger charge is -2.15. The summed E-state index contributed by atoms with van der Waals surface area (Å²) >= 11 is 0. The van der Waals surface area contributed by atoms with Gasteiger partial charge in [-0.1, -0.05) is 6.92 Å². The van der Waals surface area contributed by atoms with Gasteiger partial charge in [-0.25, -0.2) is 0 Å². The number of hydrogen-bond acceptors (Lipinski definition) is 5. The van der Waals surface area contributed by atoms with Gasteiger partial charge in [-0.2, -0.15) is 4.98 Å². The van der Waals surface area contributed by atoms with Crippen LogP contribution in [0.2, 0.25) is 0 Å². The fraction of sp³-hybridized carbons (Fsp3) is 0.769. The van der Waals surface area contributed by atoms with Crippen molar-refractivity contribution < 1.29 is 9.32 Å². The molecule has 6 heteroatoms. The predicted octanol–water partition coefficient (Wildman–Crippen LogP) is 1.44. The van der Waals surface area contributed by atoms with Crippen molar-refractivity contribution in [2.45, 2.75) is 45.1 Å². The summed E-state index contributed by atoms with van der Waals surface area (Å²) in [5.41, 5.74) is 0. The Morgan fingerprint density at radius 2 is 2.32 bits per heavy atom. The average Bonchev–Trinajstić information content (AvgIpc) is 3.02. The Morgan fingerprint density at radius 1 is 1.47 bits per heavy atom. The summed E-state index contributed by atoms with van der Waals surface area (Å²) in [6.07, 6.45) is 4.80. The van der Waals surface area contributed by atoms with Gasteiger partial charge in [0.2, 0.25) is 11.8 Å². The van der Waals surface area contributed by atoms with Crippen LogP contribution in [0.15, 0.2) is 4.52 Å². The summed E-state index contributed by atoms with van der Waals surface area (Å²) in [7, 11) is 0. The summed E-state index contributed by atoms with van der Waals surface area (Å²) in [5.74, 6) is 1.88. The number of amides is 1. The van der Waals surface area contributed by atoms with Crippen molar-refractivity contribution in [1.82, 2.24) is 15.0 Å². The van der Waals surface area contributed by atoms with Gasteiger partial charge in [0.25, 0.3) is 5.95 Å². The quantitative estimate of drug-likeness (QED) is 0.842. The highest BCUT2D eigenvalue weighted by atomic mass is 16.5. The normalized spacial score (nSPS) is 23.1. The van der Waals surface area contributed by atoms with Crippen LogP contribution in [0.3, 0.4) is 0 Å². The number of nitrogens with zero attached hydrogens (tertiary/aromatic N) is 3. The smallest absolute Gasteiger partial charge is 0.263 e. The zero-order chi connectivity index (χ0) is 13.2. The number of hydrogen-bond donors (Lipinski definition) is 1. The molecular weight excluding hydrogens is 244 g/mol. The molecule has 1 N–H and O–H groups in total. The van der Waals surface area contributed by atoms with Crippen LogP contribution < -0.4 is 5.32 Å². The fourth-order valence-electron chi connectivity index (χ4n) is 2.56. The molecule has 1 atom stereocenters. The Morgan fingerprint density at radius 3 is 3.05 bits per heavy atom. The highest BCUT2D eigenvalue weighted by Gasteiger charge is 2.39. The number of rotatable bonds is 6. The van der Waals surface area contributed by atoms with Gasteiger partial charge in [0.05, 0.1) is 0 Å². The standard InChI is InChI=1S/C13H20N4O2/c1-2-3-11-15-13(16-19-11)14-7-9-6-12(18)17(8-9)10-4-5-10/h9-10H,2-8H2,1H3,(H,14,16). The molecule has 1 saturated heterocycles. The van der Waals surface area contributed by atoms with Crippen LogP contribution in [0.1, 0.15) is 38.5 Å². The predicted molar refractivity (Wildman–Crippen MR) is 69.6 cm³/mol. The molecule has 1 unspecified atom stereocenters. The second-order valence-corrected chi connectivity index (χ2v) is 5.49. The first-order valence-electron chi connectivity index (χ1n) is 7.12. The van der Waals surface area contributed by atoms with Crippen LogP contribution >= 0.6 is 0 Å². The third kappa shape index (κ3) is 2.88. The van der Waals surface area contributed by atoms with Gasteiger partial charge in [-0.3, -0.25) is 4.79 Å². The molecule has 2 fully saturated rings. The van der Waals surface area contributed by atoms with Crippen LogP contribution in [0.5, 0.6) is 0 Å². The zero-order valence-electron chi connectivity index (χ0n) is 11.3. The molecule has 104 valence electrons. The number of carbonyl (C=O) groups excluding carboxylic acids is 1. The van der Waals surface area contributed by atoms with E-state index in [2.05, 4.69) is 22.4 Å². The number of likely N-dealkylation sites (tertiary alicyclic amines) is 1. The lowest BCUT2D eigenvalue weighted by molar-refractivity contribution is -0.128. The number of carbonyl (C=O) groups is 1. The maximum absolute atomic E-state index is 11.8. The first kappa shape index (κ1) is 12.4. The van der Waals surface area contributed by atoms with Crippen LogP contribution in [0, 0.1) is 5.92 Å². The van der Waals surface area contributed by atoms with E-state index in [-0.39, 0.29) is 0 Å². The van der Waals surface area contributed by atoms with E-state index in [1.165, 1.54) is 12.8 Å². The molecule has 0 bridgehead atoms. The summed E-state index contributed by atoms with van der Waals surface area (Å²) in [4.78, 5) is 18.1. The molecule has 1 aliphatic heterocycles. The Labute approximate surface area is 112 Å². The van der Waals surface area contributed by atoms with E-state index in [9.17, 15) is 4.79 Å². The number of aromatic nitrogens is 2. The monoisotopic (exact) mass is 264 g/mol. The van der Waals surface area contributed by atoms with Gasteiger partial charge < -0.3 is 14.7 Å². The Hall–Kier alpha value is -1.59. The van der Waals surface area contributed by atoms with E-state index in [0.717, 1.165) is 25.9 Å². The molecular formula is C13H20N4O2. The van der Waals surface area contributed by atoms with Gasteiger partial charge in [0.15, 0.2) is 0 Å². The van der Waals surface area contributed by atoms with Crippen molar-refractivity contribution >= 4 is 11.9 Å². The first-order chi connectivity index (χ1) is 9.26. The lowest BCUT2D eigenvalue weighted by Crippen LogP contribution is -2.28. The highest BCUT2D eigenvalue weighted by molar-refractivity contribution is 5.79. The molecule has 19 heavy (non-hydrogen) atoms. The molecule has 1 saturated carbocycles. The first-order valence-corrected chi connectivity index (χ1v) is 7.12. The molecule has 3 rings (SSSR count). The summed E-state index contributed by atoms with van der Waals surface area (Å²) in [6, 6.07) is 0.527. The summed E-state index contributed by atoms with van der Waals surface area (Å²) < 4.78 is 5.11. The fourth-order valence-corrected chi connectivity index (χ4v) is 2.56. The third-order valence-corrected chi connectivity index (χ3v) is 3.71. The van der Waals surface area contributed by atoms with Crippen LogP contribution in [-0.4, -0.2) is 40.1 Å². The van der Waals surface area contributed by atoms with Crippen LogP contribution in [0.25, 0.3) is 0 Å². The SMILES string of the molecule is CCCc1nc(NCC2CC(=O)N(C3CC3)C2)no1. The molecule has 1 aromatic rings. The minimum atomic E-state index is 0.300. The molecule has 1 aromatic heterocycles. The second kappa shape index (κ2) is 5.19. The molecule has 2 aliphatic rings. The van der Waals surface area contributed by atoms with Crippen molar-refractivity contribution in [2.75, 3.05) is 18.4 Å². The van der Waals surface area contributed by atoms with Crippen molar-refractivity contribution in [3.8, 4) is 0 Å². The van der Waals surface area contributed by atoms with Gasteiger partial charge in [0, 0.05) is 37.9 Å². The van der Waals surface area contributed by atoms with Crippen molar-refractivity contribution in [1.29, 1.82) is 0 Å². The van der Waals surface area contributed by atoms with Gasteiger partial charge in [-0.05, 0) is 24.4 Å². The molecule has 0 radical (unpaired) electrons. The third-order valence-electron chi connectivity index (χ3n) is 3.71. The maximum atomic E-state index is 11.8. The Bertz CT molecular complexity index is 455. The van der Waals surface area contributed by atoms with E-state index < -0.39 is 0 Å². The topological polar surface area (TPSA) is 71.3 Å². The van der Waals surface area contributed by atoms with E-state index in [1.54, 1.807) is 0 Å². The molecule has 6 nitrogen and oxygen atoms in total. The van der Waals surface area contributed by atoms with E-state index in [4.69, 9.17) is 4.52 Å². The zero-order valence-corrected chi connectivity index (χ0v) is 11.3. The Balaban J connectivity index is 1.48. The van der Waals surface area contributed by atoms with Crippen LogP contribution in [0.4, 0.5) is 5.95 Å². The number of anilines is 1. The van der Waals surface area contributed by atoms with Gasteiger partial charge in [0.1, 0.15) is 0 Å². The van der Waals surface area contributed by atoms with E-state index >= 15 is 0 Å². The number of nitrogens with one attached hydrogen (secondary N) is 1. The van der Waals surface area contributed by atoms with E-state index in [1.807, 2.05) is 4.90 Å². The Kier molecular flexibility index (Phi) is 3.40. The van der Waals surface area contributed by atoms with Crippen molar-refractivity contribution in [3.63, 3.8) is 0 Å². The lowest BCUT2D eigenvalue weighted by atomic mass is 10.1. The second-order valence-electron chi connectivity index (χ2n) is 5.49. The van der Waals surface area contributed by atoms with Crippen LogP contribution in [-0.2, 0) is 11.2 Å². The van der Waals surface area contributed by atoms with Gasteiger partial charge in [-0.15, -0.1) is 0 Å². The summed E-state index contributed by atoms with van der Waals surface area (Å²) in [5, 5.41) is 7.06. The van der Waals surface area contributed by atoms with Crippen molar-refractivity contribution in [2.24, 2.45) is 5.92 Å². The minimum Gasteiger partial charge on any atom is -0.351 e. The summed E-state index contributed by atoms with van der Waals surface area (Å²) in [6.45, 7) is 3.68. The van der Waals surface area contributed by atoms with E-state index in [0.29, 0.717) is 36.1 Å². The molecule has 2 heterocycles. The van der Waals surface area contributed by atoms with Gasteiger partial charge >= 0.3 is 0 Å². The molecule has 0 spiro atoms. The number of aryl methyl sites for hydroxylation is 1. The molecule has 0 aromatic carbocycles.